The van der Waals surface area contributed by atoms with E-state index in [1.165, 1.54) is 61.8 Å². The molecule has 0 saturated carbocycles. The molecule has 4 aliphatic rings. The first-order valence-corrected chi connectivity index (χ1v) is 30.6. The molecule has 4 unspecified atom stereocenters. The Kier molecular flexibility index (Phi) is 17.2. The van der Waals surface area contributed by atoms with Crippen LogP contribution in [-0.4, -0.2) is 148 Å². The second kappa shape index (κ2) is 25.3. The highest BCUT2D eigenvalue weighted by atomic mass is 19.1. The number of aromatic nitrogens is 8. The van der Waals surface area contributed by atoms with E-state index in [1.807, 2.05) is 20.8 Å². The number of esters is 1. The fourth-order valence-corrected chi connectivity index (χ4v) is 13.0. The number of hydrogen-bond acceptors (Lipinski definition) is 18. The maximum absolute atomic E-state index is 18.5. The van der Waals surface area contributed by atoms with Crippen LogP contribution in [0.1, 0.15) is 107 Å². The van der Waals surface area contributed by atoms with Gasteiger partial charge in [-0.3, -0.25) is 24.4 Å². The number of aliphatic hydroxyl groups excluding tert-OH is 2. The van der Waals surface area contributed by atoms with Crippen LogP contribution < -0.4 is 30.7 Å². The average Bonchev–Trinajstić information content (AvgIpc) is 0.736. The average molecular weight is 1280 g/mol. The fourth-order valence-electron chi connectivity index (χ4n) is 13.0. The van der Waals surface area contributed by atoms with Crippen LogP contribution in [0.2, 0.25) is 0 Å². The third-order valence-corrected chi connectivity index (χ3v) is 17.6. The molecular weight excluding hydrogens is 1210 g/mol. The monoisotopic (exact) mass is 1270 g/mol. The number of halogens is 4. The van der Waals surface area contributed by atoms with E-state index >= 15 is 22.4 Å². The van der Waals surface area contributed by atoms with Gasteiger partial charge in [-0.15, -0.1) is 0 Å². The van der Waals surface area contributed by atoms with Gasteiger partial charge in [-0.25, -0.2) is 46.3 Å². The first kappa shape index (κ1) is 63.2. The van der Waals surface area contributed by atoms with Gasteiger partial charge in [-0.1, -0.05) is 53.0 Å². The third-order valence-electron chi connectivity index (χ3n) is 17.6. The summed E-state index contributed by atoms with van der Waals surface area (Å²) >= 11 is 0. The molecule has 6 aromatic heterocycles. The molecule has 10 heterocycles. The van der Waals surface area contributed by atoms with Gasteiger partial charge >= 0.3 is 17.3 Å². The van der Waals surface area contributed by atoms with Crippen molar-refractivity contribution in [1.29, 1.82) is 0 Å². The summed E-state index contributed by atoms with van der Waals surface area (Å²) < 4.78 is 90.3. The van der Waals surface area contributed by atoms with Crippen molar-refractivity contribution in [3.8, 4) is 45.4 Å². The number of piperazine rings is 2. The topological polar surface area (TPSA) is 254 Å². The van der Waals surface area contributed by atoms with Crippen LogP contribution in [0.25, 0.3) is 56.0 Å². The first-order chi connectivity index (χ1) is 44.6. The van der Waals surface area contributed by atoms with E-state index in [1.54, 1.807) is 39.5 Å². The van der Waals surface area contributed by atoms with Crippen LogP contribution >= 0.6 is 0 Å². The molecule has 2 saturated heterocycles. The van der Waals surface area contributed by atoms with E-state index in [0.29, 0.717) is 5.69 Å². The highest BCUT2D eigenvalue weighted by Crippen LogP contribution is 2.44. The summed E-state index contributed by atoms with van der Waals surface area (Å²) in [6.07, 6.45) is -0.136. The number of nitrogens with zero attached hydrogens (tertiary/aromatic N) is 12. The third kappa shape index (κ3) is 11.3. The second-order valence-corrected chi connectivity index (χ2v) is 23.9. The molecule has 6 atom stereocenters. The molecule has 2 aromatic carbocycles. The van der Waals surface area contributed by atoms with Gasteiger partial charge in [0.05, 0.1) is 57.4 Å². The minimum Gasteiger partial charge on any atom is -0.493 e. The number of anilines is 2. The minimum absolute atomic E-state index is 0.00837. The van der Waals surface area contributed by atoms with Crippen molar-refractivity contribution in [2.45, 2.75) is 103 Å². The van der Waals surface area contributed by atoms with Crippen molar-refractivity contribution in [2.24, 2.45) is 0 Å². The van der Waals surface area contributed by atoms with E-state index in [9.17, 15) is 29.4 Å². The van der Waals surface area contributed by atoms with Crippen LogP contribution in [0, 0.1) is 23.3 Å². The Morgan fingerprint density at radius 2 is 1.25 bits per heavy atom. The lowest BCUT2D eigenvalue weighted by Gasteiger charge is -2.40. The molecule has 93 heavy (non-hydrogen) atoms. The molecule has 0 aliphatic carbocycles. The zero-order valence-electron chi connectivity index (χ0n) is 51.8. The maximum Gasteiger partial charge on any atom is 0.355 e. The number of hydrogen-bond donors (Lipinski definition) is 2. The van der Waals surface area contributed by atoms with Crippen LogP contribution in [-0.2, 0) is 25.5 Å². The van der Waals surface area contributed by atoms with Gasteiger partial charge in [-0.2, -0.15) is 9.97 Å². The summed E-state index contributed by atoms with van der Waals surface area (Å²) in [6.45, 7) is 17.8. The predicted octanol–water partition coefficient (Wildman–Crippen LogP) is 8.03. The number of benzene rings is 2. The van der Waals surface area contributed by atoms with E-state index in [4.69, 9.17) is 29.2 Å². The normalized spacial score (nSPS) is 19.2. The lowest BCUT2D eigenvalue weighted by atomic mass is 9.91. The Morgan fingerprint density at radius 1 is 0.699 bits per heavy atom. The highest BCUT2D eigenvalue weighted by molar-refractivity contribution is 5.94. The van der Waals surface area contributed by atoms with E-state index < -0.39 is 106 Å². The molecule has 8 aromatic rings. The fraction of sp³-hybridized carbons (Fsp3) is 0.358. The molecule has 4 aliphatic heterocycles. The molecule has 0 spiro atoms. The quantitative estimate of drug-likeness (QED) is 0.0746. The minimum atomic E-state index is -1.78. The Bertz CT molecular complexity index is 4530. The van der Waals surface area contributed by atoms with Gasteiger partial charge in [0.25, 0.3) is 0 Å². The number of aliphatic hydroxyl groups is 2. The number of pyridine rings is 4. The summed E-state index contributed by atoms with van der Waals surface area (Å²) in [5, 5.41) is 24.2. The largest absolute Gasteiger partial charge is 0.493 e. The van der Waals surface area contributed by atoms with E-state index in [2.05, 4.69) is 28.1 Å². The summed E-state index contributed by atoms with van der Waals surface area (Å²) in [7, 11) is 0. The van der Waals surface area contributed by atoms with Crippen molar-refractivity contribution in [1.82, 2.24) is 48.8 Å². The SMILES string of the molecule is C=CC(=O)N1CCN(c2nc(=O)n3c4nc(c(F)cc24)-c2c(ccc(CC(C)c4nccc5c4-n4c(=O)nc(N6CCN(C(=O)C=C)C[C@@H]6C)c6cc(F)c(nc64)-c4c(F)cccc4OCC(O)C5OC(=O)CC)c2F)OCCC(O)c2ccnc(C(C)C)c2-3)[C@@H](C)C1. The van der Waals surface area contributed by atoms with Crippen molar-refractivity contribution >= 4 is 51.5 Å². The number of fused-ring (bicyclic) bond motifs is 10. The van der Waals surface area contributed by atoms with Crippen LogP contribution in [0.15, 0.2) is 102 Å². The zero-order chi connectivity index (χ0) is 66.0. The van der Waals surface area contributed by atoms with Gasteiger partial charge in [0.1, 0.15) is 58.9 Å². The lowest BCUT2D eigenvalue weighted by Crippen LogP contribution is -2.54. The number of ether oxygens (including phenoxy) is 3. The van der Waals surface area contributed by atoms with Gasteiger partial charge in [0, 0.05) is 93.6 Å². The lowest BCUT2D eigenvalue weighted by molar-refractivity contribution is -0.156. The number of carbonyl (C=O) groups is 3. The maximum atomic E-state index is 18.5. The molecule has 12 rings (SSSR count). The number of amides is 2. The molecule has 4 bridgehead atoms. The summed E-state index contributed by atoms with van der Waals surface area (Å²) in [5.41, 5.74) is -3.99. The molecule has 22 nitrogen and oxygen atoms in total. The summed E-state index contributed by atoms with van der Waals surface area (Å²) in [4.78, 5) is 104. The summed E-state index contributed by atoms with van der Waals surface area (Å²) in [6, 6.07) is 10.7. The molecular formula is C67H66F4N12O10. The zero-order valence-corrected chi connectivity index (χ0v) is 51.8. The smallest absolute Gasteiger partial charge is 0.355 e. The van der Waals surface area contributed by atoms with Gasteiger partial charge in [0.2, 0.25) is 11.8 Å². The first-order valence-electron chi connectivity index (χ1n) is 30.6. The molecule has 0 radical (unpaired) electrons. The second-order valence-electron chi connectivity index (χ2n) is 23.9. The molecule has 2 amide bonds. The van der Waals surface area contributed by atoms with E-state index in [0.717, 1.165) is 27.3 Å². The molecule has 26 heteroatoms. The van der Waals surface area contributed by atoms with Crippen LogP contribution in [0.4, 0.5) is 29.2 Å². The molecule has 2 N–H and O–H groups in total. The van der Waals surface area contributed by atoms with Crippen LogP contribution in [0.5, 0.6) is 11.5 Å². The van der Waals surface area contributed by atoms with Crippen molar-refractivity contribution < 1.29 is 56.4 Å². The molecule has 2 fully saturated rings. The molecule has 482 valence electrons. The van der Waals surface area contributed by atoms with Crippen LogP contribution in [0.3, 0.4) is 0 Å². The van der Waals surface area contributed by atoms with Crippen molar-refractivity contribution in [3.63, 3.8) is 0 Å². The van der Waals surface area contributed by atoms with Gasteiger partial charge < -0.3 is 44.0 Å². The van der Waals surface area contributed by atoms with Crippen molar-refractivity contribution in [3.05, 3.63) is 165 Å². The Balaban J connectivity index is 1.07. The highest BCUT2D eigenvalue weighted by Gasteiger charge is 2.38. The Morgan fingerprint density at radius 3 is 1.81 bits per heavy atom. The number of rotatable bonds is 10. The number of carbonyl (C=O) groups excluding carboxylic acids is 3. The standard InChI is InChI=1S/C67H66F4N12O10/c1-9-49(86)78-22-24-80(35(7)30-78)62-40-28-43(69)57-52-42(68)13-12-14-47(52)92-32-46(85)61(93-51(88)11-3)39-18-21-73-56(60(39)83(64(40)74-57)67(90)77-62)34(6)27-37-15-16-48-53(54(37)71)58-44(70)29-41-63(81-25-23-79(31-36(81)8)50(87)10-2)76-66(89)82(65(41)75-58)59-38(45(84)19-26-91-48)17-20-72-55(59)33(4)5/h9-10,12-18,20-21,28-29,33-36,45-46,61,84-85H,1-2,11,19,22-27,30-32H2,3-8H3/t34?,35-,36-,45?,46?,61?/m0/s1. The van der Waals surface area contributed by atoms with Gasteiger partial charge in [0.15, 0.2) is 29.0 Å². The van der Waals surface area contributed by atoms with Gasteiger partial charge in [-0.05, 0) is 86.4 Å². The predicted molar refractivity (Wildman–Crippen MR) is 336 cm³/mol. The summed E-state index contributed by atoms with van der Waals surface area (Å²) in [5.74, 6) is -7.33. The van der Waals surface area contributed by atoms with E-state index in [-0.39, 0.29) is 162 Å². The Hall–Kier alpha value is -9.95. The Labute approximate surface area is 530 Å². The van der Waals surface area contributed by atoms with Crippen molar-refractivity contribution in [2.75, 3.05) is 62.3 Å².